The van der Waals surface area contributed by atoms with E-state index in [4.69, 9.17) is 5.73 Å². The van der Waals surface area contributed by atoms with Crippen molar-refractivity contribution >= 4 is 22.8 Å². The van der Waals surface area contributed by atoms with Crippen LogP contribution in [0.2, 0.25) is 0 Å². The van der Waals surface area contributed by atoms with Crippen molar-refractivity contribution in [3.63, 3.8) is 0 Å². The summed E-state index contributed by atoms with van der Waals surface area (Å²) in [6, 6.07) is 11.9. The smallest absolute Gasteiger partial charge is 0.237 e. The number of anilines is 1. The van der Waals surface area contributed by atoms with E-state index in [1.165, 1.54) is 0 Å². The van der Waals surface area contributed by atoms with Crippen molar-refractivity contribution in [1.29, 1.82) is 0 Å². The number of benzene rings is 1. The van der Waals surface area contributed by atoms with Gasteiger partial charge in [-0.05, 0) is 44.5 Å². The molecule has 1 fully saturated rings. The van der Waals surface area contributed by atoms with Crippen LogP contribution in [0.1, 0.15) is 24.7 Å². The van der Waals surface area contributed by atoms with Crippen molar-refractivity contribution in [2.75, 3.05) is 12.8 Å². The summed E-state index contributed by atoms with van der Waals surface area (Å²) in [6.07, 6.45) is 0.771. The number of amides is 1. The molecular weight excluding hydrogens is 350 g/mol. The van der Waals surface area contributed by atoms with E-state index in [9.17, 15) is 4.79 Å². The molecule has 0 radical (unpaired) electrons. The lowest BCUT2D eigenvalue weighted by molar-refractivity contribution is -0.129. The Bertz CT molecular complexity index is 1140. The molecule has 4 rings (SSSR count). The van der Waals surface area contributed by atoms with Crippen LogP contribution in [0.5, 0.6) is 0 Å². The van der Waals surface area contributed by atoms with Gasteiger partial charge < -0.3 is 10.6 Å². The first-order valence-electron chi connectivity index (χ1n) is 9.22. The Hall–Kier alpha value is -3.46. The van der Waals surface area contributed by atoms with Crippen LogP contribution in [-0.2, 0) is 4.79 Å². The number of pyridine rings is 1. The molecule has 3 aromatic rings. The van der Waals surface area contributed by atoms with Gasteiger partial charge in [-0.25, -0.2) is 15.0 Å². The van der Waals surface area contributed by atoms with Crippen LogP contribution in [0, 0.1) is 24.7 Å². The predicted molar refractivity (Wildman–Crippen MR) is 109 cm³/mol. The van der Waals surface area contributed by atoms with Gasteiger partial charge in [0.15, 0.2) is 5.82 Å². The third kappa shape index (κ3) is 3.27. The van der Waals surface area contributed by atoms with Gasteiger partial charge in [0, 0.05) is 24.2 Å². The molecule has 0 spiro atoms. The molecule has 140 valence electrons. The molecule has 2 atom stereocenters. The molecule has 28 heavy (non-hydrogen) atoms. The van der Waals surface area contributed by atoms with Gasteiger partial charge in [0.25, 0.3) is 0 Å². The molecule has 1 aliphatic heterocycles. The lowest BCUT2D eigenvalue weighted by Gasteiger charge is -2.13. The lowest BCUT2D eigenvalue weighted by Crippen LogP contribution is -2.27. The van der Waals surface area contributed by atoms with E-state index in [1.807, 2.05) is 50.4 Å². The van der Waals surface area contributed by atoms with Crippen molar-refractivity contribution in [3.8, 4) is 23.1 Å². The molecule has 2 N–H and O–H groups in total. The second-order valence-corrected chi connectivity index (χ2v) is 7.16. The van der Waals surface area contributed by atoms with Crippen molar-refractivity contribution in [3.05, 3.63) is 47.8 Å². The quantitative estimate of drug-likeness (QED) is 0.665. The Morgan fingerprint density at radius 1 is 1.18 bits per heavy atom. The zero-order chi connectivity index (χ0) is 19.8. The molecule has 1 saturated heterocycles. The fourth-order valence-corrected chi connectivity index (χ4v) is 3.43. The normalized spacial score (nSPS) is 19.0. The molecule has 0 aliphatic carbocycles. The third-order valence-electron chi connectivity index (χ3n) is 5.11. The SMILES string of the molecule is Cc1nc(N)c2nc(-c3cccc(C#C[C@H]4C[C@H](C)N(C)C4=O)c3)ccc2n1. The first kappa shape index (κ1) is 17.9. The number of nitrogens with zero attached hydrogens (tertiary/aromatic N) is 4. The Balaban J connectivity index is 1.66. The van der Waals surface area contributed by atoms with Crippen LogP contribution < -0.4 is 5.73 Å². The summed E-state index contributed by atoms with van der Waals surface area (Å²) in [6.45, 7) is 3.85. The summed E-state index contributed by atoms with van der Waals surface area (Å²) in [7, 11) is 1.83. The highest BCUT2D eigenvalue weighted by Gasteiger charge is 2.33. The Morgan fingerprint density at radius 2 is 2.00 bits per heavy atom. The van der Waals surface area contributed by atoms with Crippen LogP contribution in [0.15, 0.2) is 36.4 Å². The minimum Gasteiger partial charge on any atom is -0.382 e. The molecule has 1 amide bonds. The summed E-state index contributed by atoms with van der Waals surface area (Å²) >= 11 is 0. The van der Waals surface area contributed by atoms with Crippen molar-refractivity contribution in [2.45, 2.75) is 26.3 Å². The standard InChI is InChI=1S/C22H21N5O/c1-13-11-17(22(28)27(13)3)8-7-15-5-4-6-16(12-15)18-9-10-19-20(26-18)21(23)25-14(2)24-19/h4-6,9-10,12-13,17H,11H2,1-3H3,(H2,23,24,25)/t13-,17-/m0/s1. The number of aryl methyl sites for hydroxylation is 1. The zero-order valence-corrected chi connectivity index (χ0v) is 16.1. The molecule has 0 saturated carbocycles. The Kier molecular flexibility index (Phi) is 4.44. The largest absolute Gasteiger partial charge is 0.382 e. The minimum absolute atomic E-state index is 0.0955. The van der Waals surface area contributed by atoms with Gasteiger partial charge >= 0.3 is 0 Å². The molecule has 6 nitrogen and oxygen atoms in total. The minimum atomic E-state index is -0.234. The number of carbonyl (C=O) groups excluding carboxylic acids is 1. The number of fused-ring (bicyclic) bond motifs is 1. The van der Waals surface area contributed by atoms with Gasteiger partial charge in [0.2, 0.25) is 5.91 Å². The predicted octanol–water partition coefficient (Wildman–Crippen LogP) is 2.80. The number of carbonyl (C=O) groups is 1. The maximum absolute atomic E-state index is 12.2. The van der Waals surface area contributed by atoms with E-state index in [0.29, 0.717) is 17.2 Å². The van der Waals surface area contributed by atoms with Crippen LogP contribution >= 0.6 is 0 Å². The average molecular weight is 371 g/mol. The highest BCUT2D eigenvalue weighted by atomic mass is 16.2. The molecule has 6 heteroatoms. The number of aromatic nitrogens is 3. The lowest BCUT2D eigenvalue weighted by atomic mass is 10.0. The maximum Gasteiger partial charge on any atom is 0.237 e. The summed E-state index contributed by atoms with van der Waals surface area (Å²) in [5, 5.41) is 0. The second-order valence-electron chi connectivity index (χ2n) is 7.16. The summed E-state index contributed by atoms with van der Waals surface area (Å²) in [4.78, 5) is 27.2. The fraction of sp³-hybridized carbons (Fsp3) is 0.273. The van der Waals surface area contributed by atoms with Gasteiger partial charge in [-0.15, -0.1) is 0 Å². The monoisotopic (exact) mass is 371 g/mol. The number of likely N-dealkylation sites (tertiary alicyclic amines) is 1. The van der Waals surface area contributed by atoms with Gasteiger partial charge in [-0.1, -0.05) is 24.0 Å². The van der Waals surface area contributed by atoms with E-state index >= 15 is 0 Å². The fourth-order valence-electron chi connectivity index (χ4n) is 3.43. The van der Waals surface area contributed by atoms with Gasteiger partial charge in [-0.2, -0.15) is 0 Å². The van der Waals surface area contributed by atoms with Gasteiger partial charge in [0.1, 0.15) is 17.3 Å². The molecule has 0 bridgehead atoms. The summed E-state index contributed by atoms with van der Waals surface area (Å²) < 4.78 is 0. The van der Waals surface area contributed by atoms with Crippen LogP contribution in [0.3, 0.4) is 0 Å². The van der Waals surface area contributed by atoms with Crippen LogP contribution in [-0.4, -0.2) is 38.8 Å². The Labute approximate surface area is 163 Å². The molecule has 0 unspecified atom stereocenters. The van der Waals surface area contributed by atoms with Crippen LogP contribution in [0.25, 0.3) is 22.3 Å². The molecule has 3 heterocycles. The summed E-state index contributed by atoms with van der Waals surface area (Å²) in [5.74, 6) is 7.14. The maximum atomic E-state index is 12.2. The molecule has 2 aromatic heterocycles. The highest BCUT2D eigenvalue weighted by molar-refractivity contribution is 5.86. The molecule has 1 aliphatic rings. The van der Waals surface area contributed by atoms with Crippen molar-refractivity contribution < 1.29 is 4.79 Å². The number of nitrogen functional groups attached to an aromatic ring is 1. The second kappa shape index (κ2) is 6.93. The van der Waals surface area contributed by atoms with Crippen molar-refractivity contribution in [1.82, 2.24) is 19.9 Å². The first-order valence-corrected chi connectivity index (χ1v) is 9.22. The number of hydrogen-bond donors (Lipinski definition) is 1. The average Bonchev–Trinajstić information content (AvgIpc) is 2.93. The van der Waals surface area contributed by atoms with Crippen molar-refractivity contribution in [2.24, 2.45) is 5.92 Å². The van der Waals surface area contributed by atoms with E-state index in [-0.39, 0.29) is 17.9 Å². The third-order valence-corrected chi connectivity index (χ3v) is 5.11. The first-order chi connectivity index (χ1) is 13.4. The number of hydrogen-bond acceptors (Lipinski definition) is 5. The highest BCUT2D eigenvalue weighted by Crippen LogP contribution is 2.24. The number of rotatable bonds is 1. The zero-order valence-electron chi connectivity index (χ0n) is 16.1. The number of nitrogens with two attached hydrogens (primary N) is 1. The Morgan fingerprint density at radius 3 is 2.75 bits per heavy atom. The molecule has 1 aromatic carbocycles. The van der Waals surface area contributed by atoms with Crippen LogP contribution in [0.4, 0.5) is 5.82 Å². The topological polar surface area (TPSA) is 85.0 Å². The van der Waals surface area contributed by atoms with E-state index in [1.54, 1.807) is 11.8 Å². The van der Waals surface area contributed by atoms with E-state index < -0.39 is 0 Å². The molecular formula is C22H21N5O. The van der Waals surface area contributed by atoms with E-state index in [2.05, 4.69) is 26.8 Å². The van der Waals surface area contributed by atoms with Gasteiger partial charge in [0.05, 0.1) is 11.2 Å². The van der Waals surface area contributed by atoms with E-state index in [0.717, 1.165) is 28.8 Å². The van der Waals surface area contributed by atoms with Gasteiger partial charge in [-0.3, -0.25) is 4.79 Å². The summed E-state index contributed by atoms with van der Waals surface area (Å²) in [5.41, 5.74) is 9.89.